The van der Waals surface area contributed by atoms with Crippen LogP contribution >= 0.6 is 11.8 Å². The largest absolute Gasteiger partial charge is 0.493 e. The molecule has 3 heterocycles. The quantitative estimate of drug-likeness (QED) is 0.336. The zero-order valence-corrected chi connectivity index (χ0v) is 24.3. The first-order valence-electron chi connectivity index (χ1n) is 12.5. The maximum atomic E-state index is 13.2. The Labute approximate surface area is 232 Å². The number of β-lactam (4-membered cyclic amide) rings is 1. The Kier molecular flexibility index (Phi) is 8.22. The van der Waals surface area contributed by atoms with E-state index in [9.17, 15) is 27.9 Å². The second-order valence-corrected chi connectivity index (χ2v) is 13.2. The van der Waals surface area contributed by atoms with Crippen LogP contribution in [0.3, 0.4) is 0 Å². The van der Waals surface area contributed by atoms with Crippen LogP contribution in [0.1, 0.15) is 20.3 Å². The summed E-state index contributed by atoms with van der Waals surface area (Å²) in [7, 11) is 2.19. The van der Waals surface area contributed by atoms with E-state index < -0.39 is 39.9 Å². The van der Waals surface area contributed by atoms with E-state index in [2.05, 4.69) is 10.0 Å². The van der Waals surface area contributed by atoms with Crippen molar-refractivity contribution in [2.75, 3.05) is 34.9 Å². The number of aliphatic carboxylic acids is 1. The van der Waals surface area contributed by atoms with Crippen LogP contribution in [-0.2, 0) is 24.4 Å². The Morgan fingerprint density at radius 2 is 1.90 bits per heavy atom. The molecule has 3 aliphatic heterocycles. The van der Waals surface area contributed by atoms with Crippen LogP contribution < -0.4 is 19.5 Å². The summed E-state index contributed by atoms with van der Waals surface area (Å²) in [5, 5.41) is 13.2. The molecule has 4 rings (SSSR count). The van der Waals surface area contributed by atoms with Crippen molar-refractivity contribution in [2.24, 2.45) is 11.8 Å². The van der Waals surface area contributed by atoms with Gasteiger partial charge in [0.25, 0.3) is 0 Å². The van der Waals surface area contributed by atoms with Crippen LogP contribution in [0.25, 0.3) is 0 Å². The first-order valence-corrected chi connectivity index (χ1v) is 14.8. The number of nitrogens with zero attached hydrogens (tertiary/aromatic N) is 2. The van der Waals surface area contributed by atoms with E-state index in [0.29, 0.717) is 23.6 Å². The Morgan fingerprint density at radius 1 is 1.23 bits per heavy atom. The lowest BCUT2D eigenvalue weighted by Gasteiger charge is -2.47. The van der Waals surface area contributed by atoms with Gasteiger partial charge in [0.1, 0.15) is 5.70 Å². The highest BCUT2D eigenvalue weighted by atomic mass is 32.2. The minimum Gasteiger partial charge on any atom is -0.493 e. The molecule has 0 saturated carbocycles. The fourth-order valence-electron chi connectivity index (χ4n) is 5.54. The zero-order valence-electron chi connectivity index (χ0n) is 22.6. The van der Waals surface area contributed by atoms with E-state index in [4.69, 9.17) is 9.47 Å². The molecule has 1 aromatic carbocycles. The molecule has 14 heteroatoms. The molecule has 3 N–H and O–H groups in total. The minimum atomic E-state index is -4.03. The fraction of sp³-hybridized carbons (Fsp3) is 0.560. The number of likely N-dealkylation sites (N-methyl/N-ethyl adjacent to an activating group) is 1. The molecule has 3 aliphatic rings. The summed E-state index contributed by atoms with van der Waals surface area (Å²) >= 11 is 1.38. The van der Waals surface area contributed by atoms with Crippen molar-refractivity contribution in [1.29, 1.82) is 0 Å². The lowest BCUT2D eigenvalue weighted by Crippen LogP contribution is -2.66. The predicted molar refractivity (Wildman–Crippen MR) is 144 cm³/mol. The number of ether oxygens (including phenoxy) is 2. The molecule has 214 valence electrons. The van der Waals surface area contributed by atoms with Crippen LogP contribution in [0.15, 0.2) is 33.7 Å². The second-order valence-electron chi connectivity index (χ2n) is 10.1. The number of sulfonamides is 1. The Balaban J connectivity index is 1.51. The van der Waals surface area contributed by atoms with Crippen LogP contribution in [0.5, 0.6) is 11.5 Å². The molecule has 0 aliphatic carbocycles. The van der Waals surface area contributed by atoms with Gasteiger partial charge in [0, 0.05) is 48.8 Å². The molecule has 0 radical (unpaired) electrons. The first-order chi connectivity index (χ1) is 18.3. The number of rotatable bonds is 10. The van der Waals surface area contributed by atoms with Gasteiger partial charge in [-0.2, -0.15) is 0 Å². The average molecular weight is 583 g/mol. The molecule has 0 aromatic heterocycles. The lowest BCUT2D eigenvalue weighted by molar-refractivity contribution is -0.157. The van der Waals surface area contributed by atoms with Crippen LogP contribution in [0.4, 0.5) is 0 Å². The Bertz CT molecular complexity index is 1310. The molecule has 39 heavy (non-hydrogen) atoms. The van der Waals surface area contributed by atoms with Gasteiger partial charge in [-0.3, -0.25) is 9.59 Å². The van der Waals surface area contributed by atoms with E-state index in [1.54, 1.807) is 21.0 Å². The van der Waals surface area contributed by atoms with Crippen LogP contribution in [0, 0.1) is 11.8 Å². The number of carboxylic acid groups (broad SMARTS) is 1. The number of thioether (sulfide) groups is 1. The molecule has 2 amide bonds. The molecule has 0 spiro atoms. The second kappa shape index (κ2) is 11.0. The normalized spacial score (nSPS) is 27.2. The smallest absolute Gasteiger partial charge is 0.353 e. The number of carbonyl (C=O) groups excluding carboxylic acids is 2. The number of hydrogen-bond acceptors (Lipinski definition) is 9. The van der Waals surface area contributed by atoms with Gasteiger partial charge in [-0.1, -0.05) is 6.92 Å². The lowest BCUT2D eigenvalue weighted by atomic mass is 9.78. The summed E-state index contributed by atoms with van der Waals surface area (Å²) in [5.74, 6) is -2.12. The van der Waals surface area contributed by atoms with Crippen molar-refractivity contribution in [3.63, 3.8) is 0 Å². The van der Waals surface area contributed by atoms with Gasteiger partial charge in [-0.25, -0.2) is 17.9 Å². The standard InChI is InChI=1S/C25H34N4O8S2/c1-12-20-19(13(2)27-39(34,35)15-7-8-17(36-5)18(10-15)37-6)24(31)29(20)21(25(32)33)22(12)38-14-9-16(26-11-14)23(30)28(3)4/h7-8,10,12-14,16,19-20,26-27H,9,11H2,1-6H3,(H,32,33)/t12-,13-,14+,16+,19-,20?/m1/s1. The maximum absolute atomic E-state index is 13.2. The number of hydrogen-bond donors (Lipinski definition) is 3. The predicted octanol–water partition coefficient (Wildman–Crippen LogP) is 0.695. The van der Waals surface area contributed by atoms with Crippen molar-refractivity contribution in [3.8, 4) is 11.5 Å². The number of carboxylic acids is 1. The molecule has 0 bridgehead atoms. The molecular formula is C25H34N4O8S2. The molecular weight excluding hydrogens is 548 g/mol. The summed E-state index contributed by atoms with van der Waals surface area (Å²) in [4.78, 5) is 41.2. The number of fused-ring (bicyclic) bond motifs is 1. The van der Waals surface area contributed by atoms with Gasteiger partial charge in [0.05, 0.1) is 37.1 Å². The molecule has 6 atom stereocenters. The van der Waals surface area contributed by atoms with E-state index in [0.717, 1.165) is 0 Å². The third-order valence-corrected chi connectivity index (χ3v) is 10.5. The van der Waals surface area contributed by atoms with Crippen molar-refractivity contribution in [1.82, 2.24) is 19.8 Å². The van der Waals surface area contributed by atoms with Crippen molar-refractivity contribution in [2.45, 2.75) is 48.5 Å². The van der Waals surface area contributed by atoms with Gasteiger partial charge >= 0.3 is 5.97 Å². The number of amides is 2. The van der Waals surface area contributed by atoms with E-state index in [1.807, 2.05) is 6.92 Å². The molecule has 2 saturated heterocycles. The highest BCUT2D eigenvalue weighted by molar-refractivity contribution is 8.03. The maximum Gasteiger partial charge on any atom is 0.353 e. The number of carbonyl (C=O) groups is 3. The third-order valence-electron chi connectivity index (χ3n) is 7.46. The average Bonchev–Trinajstić information content (AvgIpc) is 3.44. The van der Waals surface area contributed by atoms with E-state index in [1.165, 1.54) is 54.0 Å². The minimum absolute atomic E-state index is 0.0420. The molecule has 1 unspecified atom stereocenters. The summed E-state index contributed by atoms with van der Waals surface area (Å²) in [6.45, 7) is 3.99. The summed E-state index contributed by atoms with van der Waals surface area (Å²) < 4.78 is 39.3. The van der Waals surface area contributed by atoms with Crippen molar-refractivity contribution < 1.29 is 37.4 Å². The van der Waals surface area contributed by atoms with Gasteiger partial charge in [-0.15, -0.1) is 11.8 Å². The number of benzene rings is 1. The summed E-state index contributed by atoms with van der Waals surface area (Å²) in [5.41, 5.74) is -0.0592. The Morgan fingerprint density at radius 3 is 2.49 bits per heavy atom. The Hall–Kier alpha value is -2.81. The highest BCUT2D eigenvalue weighted by Crippen LogP contribution is 2.52. The van der Waals surface area contributed by atoms with Gasteiger partial charge in [-0.05, 0) is 25.5 Å². The topological polar surface area (TPSA) is 155 Å². The van der Waals surface area contributed by atoms with Crippen LogP contribution in [0.2, 0.25) is 0 Å². The van der Waals surface area contributed by atoms with Crippen molar-refractivity contribution >= 4 is 39.6 Å². The number of methoxy groups -OCH3 is 2. The van der Waals surface area contributed by atoms with Gasteiger partial charge in [0.15, 0.2) is 11.5 Å². The monoisotopic (exact) mass is 582 g/mol. The highest BCUT2D eigenvalue weighted by Gasteiger charge is 2.60. The summed E-state index contributed by atoms with van der Waals surface area (Å²) in [6, 6.07) is 2.56. The van der Waals surface area contributed by atoms with Gasteiger partial charge < -0.3 is 29.7 Å². The zero-order chi connectivity index (χ0) is 28.8. The SMILES string of the molecule is COc1ccc(S(=O)(=O)N[C@H](C)[C@H]2C(=O)N3C(C(=O)O)=C(S[C@@H]4CN[C@H](C(=O)N(C)C)C4)[C@H](C)C23)cc1OC. The fourth-order valence-corrected chi connectivity index (χ4v) is 8.30. The number of nitrogens with one attached hydrogen (secondary N) is 2. The van der Waals surface area contributed by atoms with E-state index in [-0.39, 0.29) is 39.5 Å². The molecule has 12 nitrogen and oxygen atoms in total. The van der Waals surface area contributed by atoms with Gasteiger partial charge in [0.2, 0.25) is 21.8 Å². The molecule has 2 fully saturated rings. The molecule has 1 aromatic rings. The van der Waals surface area contributed by atoms with Crippen LogP contribution in [-0.4, -0.2) is 99.3 Å². The first kappa shape index (κ1) is 29.2. The van der Waals surface area contributed by atoms with Crippen molar-refractivity contribution in [3.05, 3.63) is 28.8 Å². The third kappa shape index (κ3) is 5.22. The summed E-state index contributed by atoms with van der Waals surface area (Å²) in [6.07, 6.45) is 0.536. The van der Waals surface area contributed by atoms with E-state index >= 15 is 0 Å².